The molecule has 0 bridgehead atoms. The van der Waals surface area contributed by atoms with E-state index in [1.54, 1.807) is 28.6 Å². The second kappa shape index (κ2) is 7.82. The van der Waals surface area contributed by atoms with E-state index >= 15 is 0 Å². The predicted molar refractivity (Wildman–Crippen MR) is 104 cm³/mol. The maximum Gasteiger partial charge on any atom is 0.253 e. The first-order valence-electron chi connectivity index (χ1n) is 7.85. The molecule has 0 spiro atoms. The summed E-state index contributed by atoms with van der Waals surface area (Å²) in [5.74, 6) is 0.759. The van der Waals surface area contributed by atoms with Crippen LogP contribution in [0.5, 0.6) is 0 Å². The van der Waals surface area contributed by atoms with Gasteiger partial charge in [-0.05, 0) is 37.6 Å². The molecule has 0 aliphatic heterocycles. The highest BCUT2D eigenvalue weighted by Gasteiger charge is 2.14. The molecule has 2 heterocycles. The van der Waals surface area contributed by atoms with Crippen LogP contribution in [0.3, 0.4) is 0 Å². The van der Waals surface area contributed by atoms with Gasteiger partial charge in [-0.25, -0.2) is 9.50 Å². The SMILES string of the molecule is Cc1cc(C)n2nc(SCC(=O)N(C)Cc3ccc(Cl)c(Cl)c3)nc2n1. The number of carbonyl (C=O) groups excluding carboxylic acids is 1. The van der Waals surface area contributed by atoms with E-state index in [0.717, 1.165) is 17.0 Å². The molecule has 0 fully saturated rings. The molecular formula is C17H17Cl2N5OS. The van der Waals surface area contributed by atoms with Gasteiger partial charge in [0.2, 0.25) is 11.1 Å². The molecule has 0 saturated carbocycles. The first-order chi connectivity index (χ1) is 12.3. The standard InChI is InChI=1S/C17H17Cl2N5OS/c1-10-6-11(2)24-16(20-10)21-17(22-24)26-9-15(25)23(3)8-12-4-5-13(18)14(19)7-12/h4-7H,8-9H2,1-3H3. The molecule has 0 aliphatic rings. The number of carbonyl (C=O) groups is 1. The smallest absolute Gasteiger partial charge is 0.253 e. The lowest BCUT2D eigenvalue weighted by Gasteiger charge is -2.17. The van der Waals surface area contributed by atoms with Gasteiger partial charge in [0, 0.05) is 25.0 Å². The Kier molecular flexibility index (Phi) is 5.70. The molecule has 0 atom stereocenters. The Bertz CT molecular complexity index is 975. The number of hydrogen-bond acceptors (Lipinski definition) is 5. The van der Waals surface area contributed by atoms with Crippen LogP contribution in [0.2, 0.25) is 10.0 Å². The van der Waals surface area contributed by atoms with Crippen molar-refractivity contribution in [3.05, 3.63) is 51.3 Å². The van der Waals surface area contributed by atoms with Gasteiger partial charge in [-0.3, -0.25) is 4.79 Å². The number of aryl methyl sites for hydroxylation is 2. The number of benzene rings is 1. The highest BCUT2D eigenvalue weighted by molar-refractivity contribution is 7.99. The van der Waals surface area contributed by atoms with E-state index in [1.807, 2.05) is 26.0 Å². The lowest BCUT2D eigenvalue weighted by molar-refractivity contribution is -0.127. The second-order valence-electron chi connectivity index (χ2n) is 5.93. The zero-order chi connectivity index (χ0) is 18.8. The summed E-state index contributed by atoms with van der Waals surface area (Å²) in [7, 11) is 1.75. The Hall–Kier alpha value is -1.83. The fourth-order valence-corrected chi connectivity index (χ4v) is 3.52. The van der Waals surface area contributed by atoms with Crippen LogP contribution in [0.4, 0.5) is 0 Å². The van der Waals surface area contributed by atoms with Crippen molar-refractivity contribution in [3.8, 4) is 0 Å². The summed E-state index contributed by atoms with van der Waals surface area (Å²) >= 11 is 13.2. The molecule has 3 rings (SSSR count). The number of thioether (sulfide) groups is 1. The number of nitrogens with zero attached hydrogens (tertiary/aromatic N) is 5. The quantitative estimate of drug-likeness (QED) is 0.599. The second-order valence-corrected chi connectivity index (χ2v) is 7.69. The maximum absolute atomic E-state index is 12.4. The molecule has 26 heavy (non-hydrogen) atoms. The Balaban J connectivity index is 1.62. The molecule has 9 heteroatoms. The van der Waals surface area contributed by atoms with Gasteiger partial charge in [0.15, 0.2) is 0 Å². The minimum atomic E-state index is -0.0270. The summed E-state index contributed by atoms with van der Waals surface area (Å²) in [6.45, 7) is 4.31. The summed E-state index contributed by atoms with van der Waals surface area (Å²) in [5, 5.41) is 5.90. The fourth-order valence-electron chi connectivity index (χ4n) is 2.45. The first kappa shape index (κ1) is 18.9. The van der Waals surface area contributed by atoms with Crippen molar-refractivity contribution < 1.29 is 4.79 Å². The molecule has 136 valence electrons. The van der Waals surface area contributed by atoms with E-state index in [0.29, 0.717) is 27.5 Å². The molecule has 6 nitrogen and oxygen atoms in total. The summed E-state index contributed by atoms with van der Waals surface area (Å²) in [6.07, 6.45) is 0. The number of fused-ring (bicyclic) bond motifs is 1. The zero-order valence-corrected chi connectivity index (χ0v) is 16.9. The van der Waals surface area contributed by atoms with Crippen LogP contribution in [-0.2, 0) is 11.3 Å². The van der Waals surface area contributed by atoms with Crippen molar-refractivity contribution in [1.29, 1.82) is 0 Å². The Morgan fingerprint density at radius 3 is 2.69 bits per heavy atom. The Morgan fingerprint density at radius 1 is 1.19 bits per heavy atom. The highest BCUT2D eigenvalue weighted by atomic mass is 35.5. The third-order valence-electron chi connectivity index (χ3n) is 3.75. The zero-order valence-electron chi connectivity index (χ0n) is 14.5. The largest absolute Gasteiger partial charge is 0.341 e. The molecule has 0 radical (unpaired) electrons. The fraction of sp³-hybridized carbons (Fsp3) is 0.294. The van der Waals surface area contributed by atoms with Crippen LogP contribution < -0.4 is 0 Å². The molecule has 3 aromatic rings. The minimum Gasteiger partial charge on any atom is -0.341 e. The van der Waals surface area contributed by atoms with E-state index in [9.17, 15) is 4.79 Å². The van der Waals surface area contributed by atoms with Crippen LogP contribution in [0.1, 0.15) is 17.0 Å². The lowest BCUT2D eigenvalue weighted by atomic mass is 10.2. The number of amides is 1. The van der Waals surface area contributed by atoms with E-state index in [1.165, 1.54) is 11.8 Å². The normalized spacial score (nSPS) is 11.1. The van der Waals surface area contributed by atoms with Crippen molar-refractivity contribution in [2.45, 2.75) is 25.5 Å². The molecule has 1 amide bonds. The average molecular weight is 410 g/mol. The van der Waals surface area contributed by atoms with Crippen LogP contribution in [0, 0.1) is 13.8 Å². The summed E-state index contributed by atoms with van der Waals surface area (Å²) in [4.78, 5) is 22.7. The van der Waals surface area contributed by atoms with E-state index in [2.05, 4.69) is 15.1 Å². The molecule has 0 saturated heterocycles. The van der Waals surface area contributed by atoms with Gasteiger partial charge < -0.3 is 4.90 Å². The Labute approximate surface area is 165 Å². The number of halogens is 2. The van der Waals surface area contributed by atoms with Crippen LogP contribution in [0.15, 0.2) is 29.4 Å². The van der Waals surface area contributed by atoms with Crippen LogP contribution in [0.25, 0.3) is 5.78 Å². The van der Waals surface area contributed by atoms with E-state index in [4.69, 9.17) is 23.2 Å². The van der Waals surface area contributed by atoms with Crippen molar-refractivity contribution in [3.63, 3.8) is 0 Å². The highest BCUT2D eigenvalue weighted by Crippen LogP contribution is 2.23. The third kappa shape index (κ3) is 4.28. The number of aromatic nitrogens is 4. The lowest BCUT2D eigenvalue weighted by Crippen LogP contribution is -2.27. The van der Waals surface area contributed by atoms with Gasteiger partial charge in [-0.2, -0.15) is 4.98 Å². The van der Waals surface area contributed by atoms with E-state index in [-0.39, 0.29) is 11.7 Å². The van der Waals surface area contributed by atoms with Gasteiger partial charge in [0.25, 0.3) is 5.78 Å². The summed E-state index contributed by atoms with van der Waals surface area (Å²) in [6, 6.07) is 7.28. The van der Waals surface area contributed by atoms with Gasteiger partial charge >= 0.3 is 0 Å². The number of rotatable bonds is 5. The van der Waals surface area contributed by atoms with Crippen LogP contribution in [-0.4, -0.2) is 43.2 Å². The monoisotopic (exact) mass is 409 g/mol. The van der Waals surface area contributed by atoms with Gasteiger partial charge in [0.05, 0.1) is 15.8 Å². The van der Waals surface area contributed by atoms with Crippen molar-refractivity contribution in [1.82, 2.24) is 24.5 Å². The van der Waals surface area contributed by atoms with E-state index < -0.39 is 0 Å². The van der Waals surface area contributed by atoms with Gasteiger partial charge in [0.1, 0.15) is 0 Å². The Morgan fingerprint density at radius 2 is 1.96 bits per heavy atom. The number of hydrogen-bond donors (Lipinski definition) is 0. The maximum atomic E-state index is 12.4. The minimum absolute atomic E-state index is 0.0270. The average Bonchev–Trinajstić information content (AvgIpc) is 2.99. The third-order valence-corrected chi connectivity index (χ3v) is 5.31. The van der Waals surface area contributed by atoms with Crippen molar-refractivity contribution in [2.75, 3.05) is 12.8 Å². The van der Waals surface area contributed by atoms with Gasteiger partial charge in [-0.1, -0.05) is 41.0 Å². The van der Waals surface area contributed by atoms with Gasteiger partial charge in [-0.15, -0.1) is 5.10 Å². The topological polar surface area (TPSA) is 63.4 Å². The summed E-state index contributed by atoms with van der Waals surface area (Å²) < 4.78 is 1.68. The molecule has 1 aromatic carbocycles. The molecule has 0 aliphatic carbocycles. The summed E-state index contributed by atoms with van der Waals surface area (Å²) in [5.41, 5.74) is 2.76. The first-order valence-corrected chi connectivity index (χ1v) is 9.59. The predicted octanol–water partition coefficient (Wildman–Crippen LogP) is 3.80. The molecule has 0 N–H and O–H groups in total. The molecule has 2 aromatic heterocycles. The van der Waals surface area contributed by atoms with Crippen molar-refractivity contribution >= 4 is 46.6 Å². The molecule has 0 unspecified atom stereocenters. The molecular weight excluding hydrogens is 393 g/mol. The van der Waals surface area contributed by atoms with Crippen molar-refractivity contribution in [2.24, 2.45) is 0 Å². The van der Waals surface area contributed by atoms with Crippen LogP contribution >= 0.6 is 35.0 Å².